The summed E-state index contributed by atoms with van der Waals surface area (Å²) < 4.78 is 5.39. The summed E-state index contributed by atoms with van der Waals surface area (Å²) in [5.41, 5.74) is -0.222. The lowest BCUT2D eigenvalue weighted by Gasteiger charge is -2.38. The number of rotatable bonds is 5. The van der Waals surface area contributed by atoms with Gasteiger partial charge in [0.15, 0.2) is 5.82 Å². The molecule has 1 aliphatic carbocycles. The first-order chi connectivity index (χ1) is 11.8. The molecule has 0 radical (unpaired) electrons. The highest BCUT2D eigenvalue weighted by atomic mass is 16.5. The molecule has 6 heteroatoms. The van der Waals surface area contributed by atoms with Crippen LogP contribution in [0.4, 0.5) is 0 Å². The third kappa shape index (κ3) is 4.40. The Kier molecular flexibility index (Phi) is 5.19. The Hall–Kier alpha value is -1.43. The van der Waals surface area contributed by atoms with E-state index in [1.54, 1.807) is 0 Å². The first-order valence-corrected chi connectivity index (χ1v) is 9.60. The van der Waals surface area contributed by atoms with Crippen molar-refractivity contribution >= 4 is 5.91 Å². The fourth-order valence-electron chi connectivity index (χ4n) is 3.67. The third-order valence-corrected chi connectivity index (χ3v) is 5.63. The van der Waals surface area contributed by atoms with Crippen molar-refractivity contribution in [1.29, 1.82) is 0 Å². The van der Waals surface area contributed by atoms with Crippen LogP contribution in [-0.2, 0) is 16.8 Å². The number of nitrogens with zero attached hydrogens (tertiary/aromatic N) is 3. The van der Waals surface area contributed by atoms with Crippen molar-refractivity contribution in [2.24, 2.45) is 11.3 Å². The van der Waals surface area contributed by atoms with Gasteiger partial charge in [0.25, 0.3) is 0 Å². The molecular formula is C19H32N4O2. The van der Waals surface area contributed by atoms with Gasteiger partial charge < -0.3 is 9.84 Å². The average molecular weight is 348 g/mol. The number of hydrogen-bond acceptors (Lipinski definition) is 5. The molecule has 25 heavy (non-hydrogen) atoms. The maximum atomic E-state index is 12.3. The molecule has 1 amide bonds. The summed E-state index contributed by atoms with van der Waals surface area (Å²) in [4.78, 5) is 19.2. The number of hydrogen-bond donors (Lipinski definition) is 1. The zero-order valence-electron chi connectivity index (χ0n) is 16.1. The number of piperidine rings is 1. The lowest BCUT2D eigenvalue weighted by Crippen LogP contribution is -2.47. The maximum absolute atomic E-state index is 12.3. The Morgan fingerprint density at radius 1 is 1.36 bits per heavy atom. The molecule has 140 valence electrons. The molecule has 1 N–H and O–H groups in total. The number of likely N-dealkylation sites (tertiary alicyclic amines) is 1. The van der Waals surface area contributed by atoms with Gasteiger partial charge in [-0.2, -0.15) is 4.98 Å². The lowest BCUT2D eigenvalue weighted by molar-refractivity contribution is -0.134. The third-order valence-electron chi connectivity index (χ3n) is 5.63. The molecule has 0 aromatic carbocycles. The molecule has 0 bridgehead atoms. The van der Waals surface area contributed by atoms with Crippen molar-refractivity contribution in [3.63, 3.8) is 0 Å². The molecule has 3 rings (SSSR count). The number of amides is 1. The van der Waals surface area contributed by atoms with E-state index in [1.165, 1.54) is 12.8 Å². The lowest BCUT2D eigenvalue weighted by atomic mass is 9.70. The predicted octanol–water partition coefficient (Wildman–Crippen LogP) is 2.89. The van der Waals surface area contributed by atoms with Crippen molar-refractivity contribution in [1.82, 2.24) is 20.4 Å². The normalized spacial score (nSPS) is 23.9. The quantitative estimate of drug-likeness (QED) is 0.886. The van der Waals surface area contributed by atoms with Crippen molar-refractivity contribution in [3.05, 3.63) is 11.7 Å². The van der Waals surface area contributed by atoms with Gasteiger partial charge in [0.05, 0.1) is 6.54 Å². The number of carbonyl (C=O) groups is 1. The van der Waals surface area contributed by atoms with E-state index in [4.69, 9.17) is 4.52 Å². The highest BCUT2D eigenvalue weighted by Crippen LogP contribution is 2.40. The van der Waals surface area contributed by atoms with Crippen LogP contribution in [0.3, 0.4) is 0 Å². The molecule has 1 aromatic rings. The van der Waals surface area contributed by atoms with E-state index in [0.717, 1.165) is 51.3 Å². The average Bonchev–Trinajstić information content (AvgIpc) is 2.99. The highest BCUT2D eigenvalue weighted by Gasteiger charge is 2.39. The van der Waals surface area contributed by atoms with E-state index in [9.17, 15) is 4.79 Å². The summed E-state index contributed by atoms with van der Waals surface area (Å²) in [5, 5.41) is 7.32. The molecule has 1 aromatic heterocycles. The van der Waals surface area contributed by atoms with Crippen molar-refractivity contribution in [2.75, 3.05) is 19.6 Å². The van der Waals surface area contributed by atoms with Gasteiger partial charge in [0.1, 0.15) is 0 Å². The molecule has 1 saturated carbocycles. The van der Waals surface area contributed by atoms with Crippen LogP contribution >= 0.6 is 0 Å². The Labute approximate surface area is 150 Å². The van der Waals surface area contributed by atoms with Crippen LogP contribution in [0.5, 0.6) is 0 Å². The molecule has 6 nitrogen and oxygen atoms in total. The summed E-state index contributed by atoms with van der Waals surface area (Å²) in [6, 6.07) is 0. The van der Waals surface area contributed by atoms with Crippen LogP contribution in [0, 0.1) is 11.3 Å². The van der Waals surface area contributed by atoms with E-state index in [2.05, 4.69) is 48.1 Å². The van der Waals surface area contributed by atoms with Gasteiger partial charge in [-0.15, -0.1) is 0 Å². The van der Waals surface area contributed by atoms with Gasteiger partial charge in [-0.25, -0.2) is 0 Å². The smallest absolute Gasteiger partial charge is 0.232 e. The van der Waals surface area contributed by atoms with Gasteiger partial charge >= 0.3 is 0 Å². The summed E-state index contributed by atoms with van der Waals surface area (Å²) >= 11 is 0. The second-order valence-electron chi connectivity index (χ2n) is 9.13. The Morgan fingerprint density at radius 2 is 2.12 bits per heavy atom. The van der Waals surface area contributed by atoms with Crippen LogP contribution in [0.25, 0.3) is 0 Å². The standard InChI is InChI=1S/C19H32N4O2/c1-18(2,3)17-21-15(22-25-17)13-23-10-5-7-14(12-23)11-20-16(24)19(4)8-6-9-19/h14H,5-13H2,1-4H3,(H,20,24)/t14-/m1/s1. The van der Waals surface area contributed by atoms with E-state index in [-0.39, 0.29) is 16.7 Å². The van der Waals surface area contributed by atoms with Crippen LogP contribution in [0.15, 0.2) is 4.52 Å². The van der Waals surface area contributed by atoms with Gasteiger partial charge in [0, 0.05) is 23.9 Å². The van der Waals surface area contributed by atoms with Crippen LogP contribution in [-0.4, -0.2) is 40.6 Å². The van der Waals surface area contributed by atoms with Gasteiger partial charge in [-0.1, -0.05) is 39.3 Å². The molecule has 0 unspecified atom stereocenters. The fourth-order valence-corrected chi connectivity index (χ4v) is 3.67. The van der Waals surface area contributed by atoms with Crippen molar-refractivity contribution < 1.29 is 9.32 Å². The molecule has 2 heterocycles. The van der Waals surface area contributed by atoms with Gasteiger partial charge in [0.2, 0.25) is 11.8 Å². The predicted molar refractivity (Wildman–Crippen MR) is 96.0 cm³/mol. The number of nitrogens with one attached hydrogen (secondary N) is 1. The molecule has 1 atom stereocenters. The Morgan fingerprint density at radius 3 is 2.72 bits per heavy atom. The van der Waals surface area contributed by atoms with Gasteiger partial charge in [-0.3, -0.25) is 9.69 Å². The second kappa shape index (κ2) is 7.06. The Bertz CT molecular complexity index is 601. The molecule has 1 saturated heterocycles. The van der Waals surface area contributed by atoms with E-state index in [0.29, 0.717) is 11.8 Å². The SMILES string of the molecule is CC1(C(=O)NC[C@H]2CCCN(Cc3noc(C(C)(C)C)n3)C2)CCC1. The molecule has 2 aliphatic rings. The zero-order valence-corrected chi connectivity index (χ0v) is 16.1. The molecule has 0 spiro atoms. The first-order valence-electron chi connectivity index (χ1n) is 9.60. The topological polar surface area (TPSA) is 71.3 Å². The summed E-state index contributed by atoms with van der Waals surface area (Å²) in [6.07, 6.45) is 5.57. The van der Waals surface area contributed by atoms with E-state index < -0.39 is 0 Å². The van der Waals surface area contributed by atoms with Crippen LogP contribution < -0.4 is 5.32 Å². The minimum atomic E-state index is -0.113. The van der Waals surface area contributed by atoms with Gasteiger partial charge in [-0.05, 0) is 38.1 Å². The largest absolute Gasteiger partial charge is 0.355 e. The van der Waals surface area contributed by atoms with Crippen LogP contribution in [0.1, 0.15) is 71.5 Å². The Balaban J connectivity index is 1.48. The number of aromatic nitrogens is 2. The molecular weight excluding hydrogens is 316 g/mol. The molecule has 1 aliphatic heterocycles. The van der Waals surface area contributed by atoms with E-state index in [1.807, 2.05) is 0 Å². The molecule has 2 fully saturated rings. The van der Waals surface area contributed by atoms with Crippen LogP contribution in [0.2, 0.25) is 0 Å². The van der Waals surface area contributed by atoms with Crippen molar-refractivity contribution in [2.45, 2.75) is 71.8 Å². The summed E-state index contributed by atoms with van der Waals surface area (Å²) in [6.45, 7) is 11.9. The first kappa shape index (κ1) is 18.4. The zero-order chi connectivity index (χ0) is 18.1. The van der Waals surface area contributed by atoms with Crippen molar-refractivity contribution in [3.8, 4) is 0 Å². The highest BCUT2D eigenvalue weighted by molar-refractivity contribution is 5.83. The summed E-state index contributed by atoms with van der Waals surface area (Å²) in [5.74, 6) is 2.20. The second-order valence-corrected chi connectivity index (χ2v) is 9.13. The fraction of sp³-hybridized carbons (Fsp3) is 0.842. The number of carbonyl (C=O) groups excluding carboxylic acids is 1. The minimum absolute atomic E-state index is 0.109. The minimum Gasteiger partial charge on any atom is -0.355 e. The maximum Gasteiger partial charge on any atom is 0.232 e. The monoisotopic (exact) mass is 348 g/mol. The van der Waals surface area contributed by atoms with E-state index >= 15 is 0 Å². The summed E-state index contributed by atoms with van der Waals surface area (Å²) in [7, 11) is 0.